The van der Waals surface area contributed by atoms with E-state index in [9.17, 15) is 0 Å². The van der Waals surface area contributed by atoms with Gasteiger partial charge in [0, 0.05) is 0 Å². The molecule has 10 heavy (non-hydrogen) atoms. The molecule has 0 rings (SSSR count). The van der Waals surface area contributed by atoms with Gasteiger partial charge in [-0.3, -0.25) is 5.84 Å². The summed E-state index contributed by atoms with van der Waals surface area (Å²) in [6.07, 6.45) is 13.3. The highest BCUT2D eigenvalue weighted by atomic mass is 32.3. The summed E-state index contributed by atoms with van der Waals surface area (Å²) in [6, 6.07) is 0. The van der Waals surface area contributed by atoms with E-state index in [2.05, 4.69) is 37.5 Å². The molecular weight excluding hydrogens is 164 g/mol. The lowest BCUT2D eigenvalue weighted by Crippen LogP contribution is -2.34. The zero-order valence-electron chi connectivity index (χ0n) is 7.84. The molecule has 4 heteroatoms. The molecule has 0 aromatic rings. The highest BCUT2D eigenvalue weighted by Gasteiger charge is 2.20. The Hall–Kier alpha value is 0.620. The number of nitrogens with zero attached hydrogens (tertiary/aromatic N) is 1. The van der Waals surface area contributed by atoms with Crippen LogP contribution in [0.2, 0.25) is 0 Å². The fourth-order valence-corrected chi connectivity index (χ4v) is 6.04. The van der Waals surface area contributed by atoms with Crippen molar-refractivity contribution in [3.8, 4) is 0 Å². The van der Waals surface area contributed by atoms with Gasteiger partial charge in [-0.15, -0.1) is 0 Å². The van der Waals surface area contributed by atoms with E-state index in [1.165, 1.54) is 0 Å². The molecule has 2 N–H and O–H groups in total. The van der Waals surface area contributed by atoms with Crippen LogP contribution < -0.4 is 5.84 Å². The van der Waals surface area contributed by atoms with Gasteiger partial charge in [0.1, 0.15) is 0 Å². The Balaban J connectivity index is 4.23. The fourth-order valence-electron chi connectivity index (χ4n) is 0.671. The van der Waals surface area contributed by atoms with E-state index in [-0.39, 0.29) is 0 Å². The Bertz CT molecular complexity index is 97.9. The van der Waals surface area contributed by atoms with Crippen molar-refractivity contribution in [3.05, 3.63) is 0 Å². The Morgan fingerprint density at radius 2 is 1.00 bits per heavy atom. The first-order chi connectivity index (χ1) is 4.15. The topological polar surface area (TPSA) is 29.3 Å². The van der Waals surface area contributed by atoms with Gasteiger partial charge < -0.3 is 0 Å². The number of nitrogens with two attached hydrogens (primary N) is 1. The summed E-state index contributed by atoms with van der Waals surface area (Å²) in [7, 11) is -1.42. The molecule has 0 aliphatic heterocycles. The second kappa shape index (κ2) is 2.93. The van der Waals surface area contributed by atoms with E-state index in [1.54, 1.807) is 0 Å². The maximum Gasteiger partial charge on any atom is -0.0209 e. The average Bonchev–Trinajstić information content (AvgIpc) is 1.59. The SMILES string of the molecule is CS(C)(C)N(N)S(C)(C)C. The van der Waals surface area contributed by atoms with E-state index in [4.69, 9.17) is 5.84 Å². The molecule has 0 aliphatic carbocycles. The normalized spacial score (nSPS) is 17.6. The Morgan fingerprint density at radius 3 is 1.00 bits per heavy atom. The van der Waals surface area contributed by atoms with Crippen molar-refractivity contribution in [1.82, 2.24) is 3.82 Å². The van der Waals surface area contributed by atoms with Gasteiger partial charge in [-0.25, -0.2) is 0 Å². The molecule has 0 unspecified atom stereocenters. The van der Waals surface area contributed by atoms with Crippen LogP contribution in [-0.2, 0) is 0 Å². The van der Waals surface area contributed by atoms with Crippen LogP contribution in [0.15, 0.2) is 0 Å². The average molecular weight is 184 g/mol. The van der Waals surface area contributed by atoms with Crippen molar-refractivity contribution in [2.24, 2.45) is 5.84 Å². The standard InChI is InChI=1S/C6H20N2S2/c1-9(2,3)8(7)10(4,5)6/h7H2,1-6H3. The van der Waals surface area contributed by atoms with E-state index in [0.29, 0.717) is 0 Å². The first kappa shape index (κ1) is 10.6. The van der Waals surface area contributed by atoms with Crippen LogP contribution in [0, 0.1) is 0 Å². The maximum atomic E-state index is 5.94. The largest absolute Gasteiger partial charge is 0.252 e. The minimum Gasteiger partial charge on any atom is -0.252 e. The lowest BCUT2D eigenvalue weighted by molar-refractivity contribution is 0.785. The summed E-state index contributed by atoms with van der Waals surface area (Å²) < 4.78 is 2.04. The fraction of sp³-hybridized carbons (Fsp3) is 1.00. The molecule has 0 heterocycles. The molecule has 0 amide bonds. The van der Waals surface area contributed by atoms with Gasteiger partial charge in [-0.1, -0.05) is 0 Å². The van der Waals surface area contributed by atoms with Gasteiger partial charge in [0.2, 0.25) is 0 Å². The monoisotopic (exact) mass is 184 g/mol. The predicted molar refractivity (Wildman–Crippen MR) is 56.8 cm³/mol. The first-order valence-corrected chi connectivity index (χ1v) is 8.70. The van der Waals surface area contributed by atoms with E-state index >= 15 is 0 Å². The van der Waals surface area contributed by atoms with Gasteiger partial charge in [-0.2, -0.15) is 24.2 Å². The summed E-state index contributed by atoms with van der Waals surface area (Å²) in [4.78, 5) is 0. The summed E-state index contributed by atoms with van der Waals surface area (Å²) >= 11 is 0. The predicted octanol–water partition coefficient (Wildman–Crippen LogP) is 1.38. The minimum absolute atomic E-state index is 0.712. The van der Waals surface area contributed by atoms with Crippen LogP contribution in [0.25, 0.3) is 0 Å². The summed E-state index contributed by atoms with van der Waals surface area (Å²) in [5, 5.41) is 0. The third-order valence-corrected chi connectivity index (χ3v) is 5.92. The third kappa shape index (κ3) is 3.14. The van der Waals surface area contributed by atoms with E-state index < -0.39 is 20.4 Å². The maximum absolute atomic E-state index is 5.94. The molecule has 2 nitrogen and oxygen atoms in total. The minimum atomic E-state index is -0.712. The Kier molecular flexibility index (Phi) is 3.11. The van der Waals surface area contributed by atoms with Crippen LogP contribution in [0.5, 0.6) is 0 Å². The van der Waals surface area contributed by atoms with Crippen molar-refractivity contribution < 1.29 is 0 Å². The number of hydrogen-bond acceptors (Lipinski definition) is 2. The molecule has 0 aromatic heterocycles. The number of hydrazine groups is 1. The molecular formula is C6H20N2S2. The van der Waals surface area contributed by atoms with Crippen molar-refractivity contribution in [2.45, 2.75) is 0 Å². The summed E-state index contributed by atoms with van der Waals surface area (Å²) in [5.41, 5.74) is 0. The Morgan fingerprint density at radius 1 is 0.800 bits per heavy atom. The molecule has 0 spiro atoms. The van der Waals surface area contributed by atoms with Gasteiger partial charge in [-0.05, 0) is 37.5 Å². The summed E-state index contributed by atoms with van der Waals surface area (Å²) in [5.74, 6) is 5.94. The van der Waals surface area contributed by atoms with E-state index in [1.807, 2.05) is 3.82 Å². The molecule has 0 aliphatic rings. The van der Waals surface area contributed by atoms with Gasteiger partial charge in [0.05, 0.1) is 0 Å². The van der Waals surface area contributed by atoms with Crippen LogP contribution >= 0.6 is 20.4 Å². The van der Waals surface area contributed by atoms with Crippen LogP contribution in [0.1, 0.15) is 0 Å². The number of rotatable bonds is 2. The highest BCUT2D eigenvalue weighted by molar-refractivity contribution is 8.43. The summed E-state index contributed by atoms with van der Waals surface area (Å²) in [6.45, 7) is 0. The molecule has 0 atom stereocenters. The van der Waals surface area contributed by atoms with Gasteiger partial charge >= 0.3 is 0 Å². The first-order valence-electron chi connectivity index (χ1n) is 3.07. The lowest BCUT2D eigenvalue weighted by Gasteiger charge is -2.47. The molecule has 0 saturated heterocycles. The Labute approximate surface area is 68.0 Å². The second-order valence-electron chi connectivity index (χ2n) is 3.83. The molecule has 0 bridgehead atoms. The second-order valence-corrected chi connectivity index (χ2v) is 11.9. The molecule has 0 aromatic carbocycles. The zero-order valence-corrected chi connectivity index (χ0v) is 9.47. The van der Waals surface area contributed by atoms with Crippen molar-refractivity contribution in [3.63, 3.8) is 0 Å². The highest BCUT2D eigenvalue weighted by Crippen LogP contribution is 2.53. The van der Waals surface area contributed by atoms with Crippen molar-refractivity contribution >= 4 is 20.4 Å². The van der Waals surface area contributed by atoms with Crippen LogP contribution in [-0.4, -0.2) is 41.4 Å². The zero-order chi connectivity index (χ0) is 8.58. The van der Waals surface area contributed by atoms with Gasteiger partial charge in [0.25, 0.3) is 0 Å². The quantitative estimate of drug-likeness (QED) is 0.519. The molecule has 0 saturated carbocycles. The molecule has 66 valence electrons. The number of hydrogen-bond donors (Lipinski definition) is 1. The van der Waals surface area contributed by atoms with Crippen LogP contribution in [0.4, 0.5) is 0 Å². The van der Waals surface area contributed by atoms with Crippen molar-refractivity contribution in [2.75, 3.05) is 37.5 Å². The lowest BCUT2D eigenvalue weighted by atomic mass is 11.9. The van der Waals surface area contributed by atoms with Crippen molar-refractivity contribution in [1.29, 1.82) is 0 Å². The molecule has 0 fully saturated rings. The smallest absolute Gasteiger partial charge is 0.0209 e. The van der Waals surface area contributed by atoms with E-state index in [0.717, 1.165) is 0 Å². The van der Waals surface area contributed by atoms with Gasteiger partial charge in [0.15, 0.2) is 0 Å². The van der Waals surface area contributed by atoms with Crippen LogP contribution in [0.3, 0.4) is 0 Å². The third-order valence-electron chi connectivity index (χ3n) is 1.08. The molecule has 0 radical (unpaired) electrons.